The van der Waals surface area contributed by atoms with Crippen LogP contribution in [0.1, 0.15) is 45.1 Å². The molecule has 2 nitrogen and oxygen atoms in total. The van der Waals surface area contributed by atoms with Crippen LogP contribution in [0.25, 0.3) is 12.2 Å². The summed E-state index contributed by atoms with van der Waals surface area (Å²) in [5.74, 6) is 0.632. The summed E-state index contributed by atoms with van der Waals surface area (Å²) in [4.78, 5) is 3.39. The minimum Gasteiger partial charge on any atom is -0.361 e. The van der Waals surface area contributed by atoms with E-state index in [9.17, 15) is 0 Å². The standard InChI is InChI=1S/C16H26N2/c1-5-8-9-16-14(7-3)15(12-18-16)13(6-2)10-11-17-4/h5,7-9,12-13,17-18H,6,10-11H2,1-4H3/b8-5-,14-7-,16-9+. The minimum atomic E-state index is 0.632. The van der Waals surface area contributed by atoms with E-state index in [1.807, 2.05) is 14.0 Å². The second-order valence-electron chi connectivity index (χ2n) is 4.55. The molecule has 0 aromatic carbocycles. The maximum absolute atomic E-state index is 3.39. The topological polar surface area (TPSA) is 27.8 Å². The Morgan fingerprint density at radius 1 is 1.39 bits per heavy atom. The Labute approximate surface area is 111 Å². The van der Waals surface area contributed by atoms with Crippen molar-refractivity contribution in [3.8, 4) is 0 Å². The third kappa shape index (κ3) is 3.61. The number of aromatic amines is 1. The van der Waals surface area contributed by atoms with Gasteiger partial charge < -0.3 is 10.3 Å². The highest BCUT2D eigenvalue weighted by Gasteiger charge is 2.11. The Morgan fingerprint density at radius 3 is 2.72 bits per heavy atom. The van der Waals surface area contributed by atoms with Crippen LogP contribution in [0.2, 0.25) is 0 Å². The van der Waals surface area contributed by atoms with Gasteiger partial charge in [-0.3, -0.25) is 0 Å². The van der Waals surface area contributed by atoms with Gasteiger partial charge in [0.1, 0.15) is 0 Å². The molecule has 0 spiro atoms. The fourth-order valence-corrected chi connectivity index (χ4v) is 2.35. The zero-order chi connectivity index (χ0) is 13.4. The fourth-order valence-electron chi connectivity index (χ4n) is 2.35. The first-order valence-corrected chi connectivity index (χ1v) is 6.89. The zero-order valence-electron chi connectivity index (χ0n) is 12.1. The number of allylic oxidation sites excluding steroid dienone is 2. The van der Waals surface area contributed by atoms with Gasteiger partial charge in [0.25, 0.3) is 0 Å². The van der Waals surface area contributed by atoms with Gasteiger partial charge in [-0.1, -0.05) is 25.2 Å². The predicted molar refractivity (Wildman–Crippen MR) is 81.0 cm³/mol. The van der Waals surface area contributed by atoms with Gasteiger partial charge in [0.05, 0.1) is 0 Å². The van der Waals surface area contributed by atoms with Gasteiger partial charge in [-0.05, 0) is 63.1 Å². The average molecular weight is 246 g/mol. The van der Waals surface area contributed by atoms with Gasteiger partial charge in [0.2, 0.25) is 0 Å². The number of aromatic nitrogens is 1. The van der Waals surface area contributed by atoms with Crippen LogP contribution in [-0.2, 0) is 0 Å². The van der Waals surface area contributed by atoms with Crippen molar-refractivity contribution in [3.63, 3.8) is 0 Å². The van der Waals surface area contributed by atoms with Crippen molar-refractivity contribution in [1.29, 1.82) is 0 Å². The highest BCUT2D eigenvalue weighted by atomic mass is 14.8. The Hall–Kier alpha value is -1.28. The van der Waals surface area contributed by atoms with E-state index in [4.69, 9.17) is 0 Å². The lowest BCUT2D eigenvalue weighted by Crippen LogP contribution is -2.26. The van der Waals surface area contributed by atoms with E-state index in [-0.39, 0.29) is 0 Å². The largest absolute Gasteiger partial charge is 0.361 e. The zero-order valence-corrected chi connectivity index (χ0v) is 12.1. The van der Waals surface area contributed by atoms with Gasteiger partial charge in [-0.2, -0.15) is 0 Å². The first-order valence-electron chi connectivity index (χ1n) is 6.89. The molecule has 1 heterocycles. The van der Waals surface area contributed by atoms with Crippen molar-refractivity contribution in [2.45, 2.75) is 39.5 Å². The van der Waals surface area contributed by atoms with Crippen molar-refractivity contribution in [2.24, 2.45) is 0 Å². The van der Waals surface area contributed by atoms with Crippen LogP contribution in [-0.4, -0.2) is 18.6 Å². The van der Waals surface area contributed by atoms with Crippen molar-refractivity contribution in [3.05, 3.63) is 34.5 Å². The number of hydrogen-bond donors (Lipinski definition) is 2. The highest BCUT2D eigenvalue weighted by molar-refractivity contribution is 5.40. The Kier molecular flexibility index (Phi) is 6.51. The second-order valence-corrected chi connectivity index (χ2v) is 4.55. The lowest BCUT2D eigenvalue weighted by atomic mass is 9.94. The van der Waals surface area contributed by atoms with Crippen LogP contribution in [0, 0.1) is 0 Å². The van der Waals surface area contributed by atoms with Gasteiger partial charge in [-0.25, -0.2) is 0 Å². The molecule has 1 aromatic rings. The van der Waals surface area contributed by atoms with Crippen LogP contribution in [0.3, 0.4) is 0 Å². The molecule has 0 bridgehead atoms. The van der Waals surface area contributed by atoms with E-state index in [0.717, 1.165) is 6.54 Å². The summed E-state index contributed by atoms with van der Waals surface area (Å²) in [6, 6.07) is 0. The van der Waals surface area contributed by atoms with E-state index >= 15 is 0 Å². The monoisotopic (exact) mass is 246 g/mol. The molecule has 0 aliphatic rings. The van der Waals surface area contributed by atoms with Crippen LogP contribution in [0.5, 0.6) is 0 Å². The SMILES string of the molecule is C\C=C/C=c1/[nH]cc(C(CC)CCNC)/c1=C/C. The molecule has 1 rings (SSSR count). The molecule has 18 heavy (non-hydrogen) atoms. The molecule has 0 aliphatic heterocycles. The smallest absolute Gasteiger partial charge is 0.0453 e. The van der Waals surface area contributed by atoms with Gasteiger partial charge >= 0.3 is 0 Å². The lowest BCUT2D eigenvalue weighted by Gasteiger charge is -2.13. The molecule has 0 amide bonds. The summed E-state index contributed by atoms with van der Waals surface area (Å²) in [7, 11) is 2.02. The van der Waals surface area contributed by atoms with E-state index in [1.165, 1.54) is 29.0 Å². The first kappa shape index (κ1) is 14.8. The Morgan fingerprint density at radius 2 is 2.17 bits per heavy atom. The molecule has 0 fully saturated rings. The molecular weight excluding hydrogens is 220 g/mol. The van der Waals surface area contributed by atoms with Crippen LogP contribution in [0.4, 0.5) is 0 Å². The van der Waals surface area contributed by atoms with Crippen molar-refractivity contribution >= 4 is 12.2 Å². The van der Waals surface area contributed by atoms with Gasteiger partial charge in [0.15, 0.2) is 0 Å². The average Bonchev–Trinajstić information content (AvgIpc) is 2.80. The lowest BCUT2D eigenvalue weighted by molar-refractivity contribution is 0.579. The maximum atomic E-state index is 3.39. The summed E-state index contributed by atoms with van der Waals surface area (Å²) >= 11 is 0. The molecule has 2 N–H and O–H groups in total. The van der Waals surface area contributed by atoms with E-state index in [1.54, 1.807) is 0 Å². The molecule has 2 heteroatoms. The fraction of sp³-hybridized carbons (Fsp3) is 0.500. The van der Waals surface area contributed by atoms with Crippen LogP contribution >= 0.6 is 0 Å². The van der Waals surface area contributed by atoms with Crippen LogP contribution in [0.15, 0.2) is 18.3 Å². The predicted octanol–water partition coefficient (Wildman–Crippen LogP) is 2.27. The number of nitrogens with one attached hydrogen (secondary N) is 2. The highest BCUT2D eigenvalue weighted by Crippen LogP contribution is 2.18. The van der Waals surface area contributed by atoms with Crippen molar-refractivity contribution < 1.29 is 0 Å². The third-order valence-electron chi connectivity index (χ3n) is 3.40. The molecule has 0 saturated carbocycles. The molecule has 100 valence electrons. The van der Waals surface area contributed by atoms with E-state index in [0.29, 0.717) is 5.92 Å². The number of rotatable bonds is 6. The Bertz CT molecular complexity index is 480. The summed E-state index contributed by atoms with van der Waals surface area (Å²) < 4.78 is 0. The molecule has 1 aromatic heterocycles. The summed E-state index contributed by atoms with van der Waals surface area (Å²) in [5, 5.41) is 5.82. The molecule has 0 radical (unpaired) electrons. The molecule has 1 atom stereocenters. The maximum Gasteiger partial charge on any atom is 0.0453 e. The van der Waals surface area contributed by atoms with Crippen molar-refractivity contribution in [1.82, 2.24) is 10.3 Å². The Balaban J connectivity index is 3.13. The van der Waals surface area contributed by atoms with E-state index in [2.05, 4.69) is 54.6 Å². The molecule has 1 unspecified atom stereocenters. The van der Waals surface area contributed by atoms with Crippen LogP contribution < -0.4 is 15.9 Å². The number of hydrogen-bond acceptors (Lipinski definition) is 1. The van der Waals surface area contributed by atoms with Crippen molar-refractivity contribution in [2.75, 3.05) is 13.6 Å². The molecule has 0 saturated heterocycles. The second kappa shape index (κ2) is 7.93. The van der Waals surface area contributed by atoms with E-state index < -0.39 is 0 Å². The summed E-state index contributed by atoms with van der Waals surface area (Å²) in [5.41, 5.74) is 1.45. The first-order chi connectivity index (χ1) is 8.78. The molecular formula is C16H26N2. The quantitative estimate of drug-likeness (QED) is 0.792. The van der Waals surface area contributed by atoms with Gasteiger partial charge in [0, 0.05) is 11.5 Å². The normalized spacial score (nSPS) is 15.8. The number of H-pyrrole nitrogens is 1. The summed E-state index contributed by atoms with van der Waals surface area (Å²) in [6.45, 7) is 7.49. The summed E-state index contributed by atoms with van der Waals surface area (Å²) in [6.07, 6.45) is 13.0. The minimum absolute atomic E-state index is 0.632. The molecule has 0 aliphatic carbocycles. The van der Waals surface area contributed by atoms with Gasteiger partial charge in [-0.15, -0.1) is 0 Å². The third-order valence-corrected chi connectivity index (χ3v) is 3.40.